The lowest BCUT2D eigenvalue weighted by Gasteiger charge is -2.15. The highest BCUT2D eigenvalue weighted by Gasteiger charge is 2.32. The van der Waals surface area contributed by atoms with E-state index in [1.54, 1.807) is 0 Å². The summed E-state index contributed by atoms with van der Waals surface area (Å²) in [6.45, 7) is 2.91. The van der Waals surface area contributed by atoms with Crippen LogP contribution in [-0.4, -0.2) is 26.7 Å². The van der Waals surface area contributed by atoms with Crippen molar-refractivity contribution in [1.29, 1.82) is 0 Å². The normalized spacial score (nSPS) is 21.8. The highest BCUT2D eigenvalue weighted by atomic mass is 16.3. The first-order valence-corrected chi connectivity index (χ1v) is 7.65. The lowest BCUT2D eigenvalue weighted by molar-refractivity contribution is -0.122. The Bertz CT molecular complexity index is 650. The van der Waals surface area contributed by atoms with Gasteiger partial charge in [-0.2, -0.15) is 0 Å². The predicted molar refractivity (Wildman–Crippen MR) is 82.0 cm³/mol. The minimum atomic E-state index is -0.519. The van der Waals surface area contributed by atoms with Gasteiger partial charge >= 0.3 is 0 Å². The average molecular weight is 287 g/mol. The molecule has 5 nitrogen and oxygen atoms in total. The fourth-order valence-electron chi connectivity index (χ4n) is 3.07. The van der Waals surface area contributed by atoms with Crippen molar-refractivity contribution in [3.05, 3.63) is 24.3 Å². The highest BCUT2D eigenvalue weighted by molar-refractivity contribution is 5.93. The van der Waals surface area contributed by atoms with Crippen molar-refractivity contribution >= 4 is 22.9 Å². The number of nitrogens with zero attached hydrogens (tertiary/aromatic N) is 2. The molecule has 1 aromatic carbocycles. The maximum absolute atomic E-state index is 12.3. The van der Waals surface area contributed by atoms with Crippen LogP contribution >= 0.6 is 0 Å². The number of aliphatic hydroxyl groups excluding tert-OH is 1. The number of aliphatic hydroxyl groups is 1. The second kappa shape index (κ2) is 5.85. The van der Waals surface area contributed by atoms with Crippen molar-refractivity contribution in [2.45, 2.75) is 45.3 Å². The Kier molecular flexibility index (Phi) is 3.92. The van der Waals surface area contributed by atoms with E-state index >= 15 is 0 Å². The van der Waals surface area contributed by atoms with Gasteiger partial charge in [0.15, 0.2) is 0 Å². The van der Waals surface area contributed by atoms with Gasteiger partial charge in [-0.3, -0.25) is 10.1 Å². The predicted octanol–water partition coefficient (Wildman–Crippen LogP) is 2.55. The molecule has 0 bridgehead atoms. The van der Waals surface area contributed by atoms with E-state index in [0.29, 0.717) is 12.4 Å². The SMILES string of the molecule is CCCn1c(NC(=O)C2CCCC2O)nc2ccccc21. The number of benzene rings is 1. The smallest absolute Gasteiger partial charge is 0.232 e. The van der Waals surface area contributed by atoms with Gasteiger partial charge in [0, 0.05) is 6.54 Å². The van der Waals surface area contributed by atoms with Gasteiger partial charge in [0.25, 0.3) is 0 Å². The Morgan fingerprint density at radius 3 is 2.95 bits per heavy atom. The number of imidazole rings is 1. The summed E-state index contributed by atoms with van der Waals surface area (Å²) in [5, 5.41) is 12.8. The molecule has 2 aromatic rings. The molecule has 1 aliphatic carbocycles. The standard InChI is InChI=1S/C16H21N3O2/c1-2-10-19-13-8-4-3-7-12(13)17-16(19)18-15(21)11-6-5-9-14(11)20/h3-4,7-8,11,14,20H,2,5-6,9-10H2,1H3,(H,17,18,21). The molecule has 2 unspecified atom stereocenters. The van der Waals surface area contributed by atoms with Crippen LogP contribution in [0.2, 0.25) is 0 Å². The molecular weight excluding hydrogens is 266 g/mol. The summed E-state index contributed by atoms with van der Waals surface area (Å²) in [6.07, 6.45) is 2.82. The maximum Gasteiger partial charge on any atom is 0.232 e. The molecule has 0 aliphatic heterocycles. The summed E-state index contributed by atoms with van der Waals surface area (Å²) in [5.74, 6) is 0.162. The molecule has 112 valence electrons. The van der Waals surface area contributed by atoms with Crippen LogP contribution in [0.1, 0.15) is 32.6 Å². The molecule has 1 aliphatic rings. The third-order valence-corrected chi connectivity index (χ3v) is 4.15. The monoisotopic (exact) mass is 287 g/mol. The van der Waals surface area contributed by atoms with Gasteiger partial charge in [-0.1, -0.05) is 19.1 Å². The number of fused-ring (bicyclic) bond motifs is 1. The fourth-order valence-corrected chi connectivity index (χ4v) is 3.07. The van der Waals surface area contributed by atoms with Crippen molar-refractivity contribution in [2.24, 2.45) is 5.92 Å². The zero-order valence-corrected chi connectivity index (χ0v) is 12.2. The lowest BCUT2D eigenvalue weighted by atomic mass is 10.1. The molecule has 0 spiro atoms. The van der Waals surface area contributed by atoms with Crippen molar-refractivity contribution in [3.63, 3.8) is 0 Å². The molecule has 2 N–H and O–H groups in total. The van der Waals surface area contributed by atoms with E-state index in [0.717, 1.165) is 36.8 Å². The maximum atomic E-state index is 12.3. The zero-order chi connectivity index (χ0) is 14.8. The van der Waals surface area contributed by atoms with Crippen molar-refractivity contribution < 1.29 is 9.90 Å². The number of aromatic nitrogens is 2. The molecule has 1 saturated carbocycles. The Morgan fingerprint density at radius 1 is 1.43 bits per heavy atom. The van der Waals surface area contributed by atoms with Crippen LogP contribution in [0, 0.1) is 5.92 Å². The Labute approximate surface area is 124 Å². The number of para-hydroxylation sites is 2. The van der Waals surface area contributed by atoms with E-state index in [-0.39, 0.29) is 11.8 Å². The third-order valence-electron chi connectivity index (χ3n) is 4.15. The van der Waals surface area contributed by atoms with Crippen molar-refractivity contribution in [1.82, 2.24) is 9.55 Å². The summed E-state index contributed by atoms with van der Waals surface area (Å²) >= 11 is 0. The molecule has 5 heteroatoms. The van der Waals surface area contributed by atoms with E-state index in [4.69, 9.17) is 0 Å². The Balaban J connectivity index is 1.89. The third kappa shape index (κ3) is 2.65. The molecule has 21 heavy (non-hydrogen) atoms. The van der Waals surface area contributed by atoms with Crippen LogP contribution in [0.3, 0.4) is 0 Å². The number of carbonyl (C=O) groups is 1. The Morgan fingerprint density at radius 2 is 2.24 bits per heavy atom. The summed E-state index contributed by atoms with van der Waals surface area (Å²) < 4.78 is 2.04. The summed E-state index contributed by atoms with van der Waals surface area (Å²) in [6, 6.07) is 7.88. The van der Waals surface area contributed by atoms with E-state index in [1.807, 2.05) is 28.8 Å². The van der Waals surface area contributed by atoms with Crippen LogP contribution in [-0.2, 0) is 11.3 Å². The number of hydrogen-bond donors (Lipinski definition) is 2. The van der Waals surface area contributed by atoms with Crippen LogP contribution in [0.4, 0.5) is 5.95 Å². The second-order valence-electron chi connectivity index (χ2n) is 5.67. The number of hydrogen-bond acceptors (Lipinski definition) is 3. The number of carbonyl (C=O) groups excluding carboxylic acids is 1. The van der Waals surface area contributed by atoms with Crippen LogP contribution in [0.15, 0.2) is 24.3 Å². The lowest BCUT2D eigenvalue weighted by Crippen LogP contribution is -2.29. The molecular formula is C16H21N3O2. The minimum absolute atomic E-state index is 0.118. The van der Waals surface area contributed by atoms with Gasteiger partial charge < -0.3 is 9.67 Å². The molecule has 3 rings (SSSR count). The molecule has 1 heterocycles. The van der Waals surface area contributed by atoms with E-state index in [2.05, 4.69) is 17.2 Å². The van der Waals surface area contributed by atoms with E-state index < -0.39 is 6.10 Å². The summed E-state index contributed by atoms with van der Waals surface area (Å²) in [7, 11) is 0. The van der Waals surface area contributed by atoms with Crippen molar-refractivity contribution in [2.75, 3.05) is 5.32 Å². The first-order valence-electron chi connectivity index (χ1n) is 7.65. The summed E-state index contributed by atoms with van der Waals surface area (Å²) in [5.41, 5.74) is 1.91. The highest BCUT2D eigenvalue weighted by Crippen LogP contribution is 2.27. The number of aryl methyl sites for hydroxylation is 1. The van der Waals surface area contributed by atoms with Crippen LogP contribution in [0.25, 0.3) is 11.0 Å². The number of nitrogens with one attached hydrogen (secondary N) is 1. The quantitative estimate of drug-likeness (QED) is 0.908. The number of anilines is 1. The molecule has 1 fully saturated rings. The van der Waals surface area contributed by atoms with Crippen molar-refractivity contribution in [3.8, 4) is 0 Å². The average Bonchev–Trinajstić information content (AvgIpc) is 3.04. The van der Waals surface area contributed by atoms with Crippen LogP contribution in [0.5, 0.6) is 0 Å². The van der Waals surface area contributed by atoms with Gasteiger partial charge in [-0.15, -0.1) is 0 Å². The molecule has 0 saturated heterocycles. The second-order valence-corrected chi connectivity index (χ2v) is 5.67. The first kappa shape index (κ1) is 14.1. The molecule has 1 aromatic heterocycles. The first-order chi connectivity index (χ1) is 10.2. The van der Waals surface area contributed by atoms with Crippen LogP contribution < -0.4 is 5.32 Å². The fraction of sp³-hybridized carbons (Fsp3) is 0.500. The zero-order valence-electron chi connectivity index (χ0n) is 12.2. The number of amides is 1. The van der Waals surface area contributed by atoms with Gasteiger partial charge in [-0.25, -0.2) is 4.98 Å². The van der Waals surface area contributed by atoms with E-state index in [9.17, 15) is 9.90 Å². The Hall–Kier alpha value is -1.88. The topological polar surface area (TPSA) is 67.2 Å². The van der Waals surface area contributed by atoms with Gasteiger partial charge in [-0.05, 0) is 37.8 Å². The minimum Gasteiger partial charge on any atom is -0.392 e. The van der Waals surface area contributed by atoms with Gasteiger partial charge in [0.2, 0.25) is 11.9 Å². The van der Waals surface area contributed by atoms with E-state index in [1.165, 1.54) is 0 Å². The molecule has 2 atom stereocenters. The van der Waals surface area contributed by atoms with Gasteiger partial charge in [0.1, 0.15) is 0 Å². The van der Waals surface area contributed by atoms with Gasteiger partial charge in [0.05, 0.1) is 23.1 Å². The largest absolute Gasteiger partial charge is 0.392 e. The summed E-state index contributed by atoms with van der Waals surface area (Å²) in [4.78, 5) is 16.9. The molecule has 1 amide bonds. The molecule has 0 radical (unpaired) electrons. The number of rotatable bonds is 4.